The van der Waals surface area contributed by atoms with Crippen LogP contribution in [0.15, 0.2) is 66.0 Å². The van der Waals surface area contributed by atoms with Crippen molar-refractivity contribution < 1.29 is 14.6 Å². The highest BCUT2D eigenvalue weighted by Gasteiger charge is 2.33. The Bertz CT molecular complexity index is 1100. The lowest BCUT2D eigenvalue weighted by atomic mass is 10.00. The van der Waals surface area contributed by atoms with Gasteiger partial charge in [0, 0.05) is 24.0 Å². The summed E-state index contributed by atoms with van der Waals surface area (Å²) in [6, 6.07) is 20.2. The van der Waals surface area contributed by atoms with E-state index in [0.717, 1.165) is 23.3 Å². The number of rotatable bonds is 10. The van der Waals surface area contributed by atoms with Gasteiger partial charge in [-0.2, -0.15) is 0 Å². The maximum Gasteiger partial charge on any atom is 0.237 e. The number of benzene rings is 2. The van der Waals surface area contributed by atoms with Crippen LogP contribution in [0.3, 0.4) is 0 Å². The third-order valence-corrected chi connectivity index (χ3v) is 7.64. The lowest BCUT2D eigenvalue weighted by Gasteiger charge is -2.38. The largest absolute Gasteiger partial charge is 0.491 e. The first kappa shape index (κ1) is 25.4. The van der Waals surface area contributed by atoms with Crippen molar-refractivity contribution in [3.63, 3.8) is 0 Å². The molecule has 2 aromatic carbocycles. The van der Waals surface area contributed by atoms with Gasteiger partial charge in [0.1, 0.15) is 12.4 Å². The van der Waals surface area contributed by atoms with Crippen molar-refractivity contribution >= 4 is 17.2 Å². The van der Waals surface area contributed by atoms with Crippen LogP contribution >= 0.6 is 11.3 Å². The molecule has 35 heavy (non-hydrogen) atoms. The standard InChI is InChI=1S/C29H36N2O3S/c1-21(2)30(18-24(32)17-23-9-5-4-6-10-23)19-29(33)31-14-12-28-26(13-15-35-28)27(31)20-34-25-11-7-8-22(3)16-25/h4-11,13,15-16,21,24,27,32H,12,14,17-20H2,1-3H3/t24-,27+/m1/s1. The molecule has 0 saturated heterocycles. The van der Waals surface area contributed by atoms with E-state index in [4.69, 9.17) is 4.74 Å². The van der Waals surface area contributed by atoms with Gasteiger partial charge in [-0.15, -0.1) is 11.3 Å². The van der Waals surface area contributed by atoms with Crippen molar-refractivity contribution in [1.82, 2.24) is 9.80 Å². The molecule has 0 saturated carbocycles. The number of aliphatic hydroxyl groups is 1. The third-order valence-electron chi connectivity index (χ3n) is 6.64. The molecule has 1 amide bonds. The Morgan fingerprint density at radius 2 is 1.97 bits per heavy atom. The molecule has 0 aliphatic carbocycles. The number of amides is 1. The molecule has 0 unspecified atom stereocenters. The lowest BCUT2D eigenvalue weighted by Crippen LogP contribution is -2.49. The summed E-state index contributed by atoms with van der Waals surface area (Å²) in [6.45, 7) is 8.06. The van der Waals surface area contributed by atoms with E-state index in [1.54, 1.807) is 11.3 Å². The van der Waals surface area contributed by atoms with E-state index in [0.29, 0.717) is 26.1 Å². The monoisotopic (exact) mass is 492 g/mol. The summed E-state index contributed by atoms with van der Waals surface area (Å²) in [6.07, 6.45) is 0.920. The molecule has 0 fully saturated rings. The fourth-order valence-corrected chi connectivity index (χ4v) is 5.63. The van der Waals surface area contributed by atoms with Gasteiger partial charge in [0.25, 0.3) is 0 Å². The zero-order valence-corrected chi connectivity index (χ0v) is 21.7. The number of nitrogens with zero attached hydrogens (tertiary/aromatic N) is 2. The van der Waals surface area contributed by atoms with Crippen molar-refractivity contribution in [2.45, 2.75) is 51.8 Å². The zero-order valence-electron chi connectivity index (χ0n) is 20.9. The van der Waals surface area contributed by atoms with Crippen LogP contribution in [0.1, 0.15) is 41.5 Å². The highest BCUT2D eigenvalue weighted by molar-refractivity contribution is 7.10. The predicted octanol–water partition coefficient (Wildman–Crippen LogP) is 4.88. The second-order valence-electron chi connectivity index (χ2n) is 9.65. The maximum absolute atomic E-state index is 13.6. The van der Waals surface area contributed by atoms with Gasteiger partial charge in [0.15, 0.2) is 0 Å². The van der Waals surface area contributed by atoms with Crippen LogP contribution in [0.2, 0.25) is 0 Å². The first-order valence-electron chi connectivity index (χ1n) is 12.4. The number of carbonyl (C=O) groups is 1. The lowest BCUT2D eigenvalue weighted by molar-refractivity contribution is -0.137. The average molecular weight is 493 g/mol. The van der Waals surface area contributed by atoms with Crippen molar-refractivity contribution in [2.75, 3.05) is 26.2 Å². The molecule has 2 heterocycles. The molecule has 5 nitrogen and oxygen atoms in total. The molecule has 3 aromatic rings. The number of ether oxygens (including phenoxy) is 1. The van der Waals surface area contributed by atoms with Gasteiger partial charge in [-0.05, 0) is 73.9 Å². The molecule has 1 aromatic heterocycles. The molecule has 2 atom stereocenters. The van der Waals surface area contributed by atoms with Crippen LogP contribution in [-0.2, 0) is 17.6 Å². The Morgan fingerprint density at radius 1 is 1.17 bits per heavy atom. The van der Waals surface area contributed by atoms with Crippen molar-refractivity contribution in [2.24, 2.45) is 0 Å². The third kappa shape index (κ3) is 6.72. The summed E-state index contributed by atoms with van der Waals surface area (Å²) in [7, 11) is 0. The summed E-state index contributed by atoms with van der Waals surface area (Å²) in [5.41, 5.74) is 3.45. The normalized spacial score (nSPS) is 16.4. The van der Waals surface area contributed by atoms with Crippen LogP contribution in [0.4, 0.5) is 0 Å². The molecule has 0 radical (unpaired) electrons. The van der Waals surface area contributed by atoms with Crippen LogP contribution in [-0.4, -0.2) is 59.2 Å². The van der Waals surface area contributed by atoms with E-state index in [9.17, 15) is 9.90 Å². The molecular weight excluding hydrogens is 456 g/mol. The van der Waals surface area contributed by atoms with E-state index in [-0.39, 0.29) is 24.5 Å². The van der Waals surface area contributed by atoms with E-state index in [2.05, 4.69) is 30.2 Å². The molecule has 1 N–H and O–H groups in total. The molecule has 0 bridgehead atoms. The van der Waals surface area contributed by atoms with E-state index in [1.807, 2.05) is 66.4 Å². The van der Waals surface area contributed by atoms with Gasteiger partial charge >= 0.3 is 0 Å². The van der Waals surface area contributed by atoms with E-state index in [1.165, 1.54) is 10.4 Å². The quantitative estimate of drug-likeness (QED) is 0.439. The van der Waals surface area contributed by atoms with Crippen molar-refractivity contribution in [1.29, 1.82) is 0 Å². The fraction of sp³-hybridized carbons (Fsp3) is 0.414. The van der Waals surface area contributed by atoms with Gasteiger partial charge in [-0.3, -0.25) is 9.69 Å². The number of thiophene rings is 1. The molecule has 0 spiro atoms. The van der Waals surface area contributed by atoms with E-state index < -0.39 is 6.10 Å². The maximum atomic E-state index is 13.6. The Hall–Kier alpha value is -2.67. The van der Waals surface area contributed by atoms with Gasteiger partial charge in [0.05, 0.1) is 18.7 Å². The molecule has 1 aliphatic rings. The SMILES string of the molecule is Cc1cccc(OC[C@H]2c3ccsc3CCN2C(=O)CN(C[C@H](O)Cc2ccccc2)C(C)C)c1. The predicted molar refractivity (Wildman–Crippen MR) is 142 cm³/mol. The van der Waals surface area contributed by atoms with Gasteiger partial charge in [0.2, 0.25) is 5.91 Å². The summed E-state index contributed by atoms with van der Waals surface area (Å²) in [5, 5.41) is 12.9. The highest BCUT2D eigenvalue weighted by Crippen LogP contribution is 2.34. The summed E-state index contributed by atoms with van der Waals surface area (Å²) in [4.78, 5) is 19.0. The molecule has 6 heteroatoms. The summed E-state index contributed by atoms with van der Waals surface area (Å²) in [5.74, 6) is 0.910. The average Bonchev–Trinajstić information content (AvgIpc) is 3.32. The fourth-order valence-electron chi connectivity index (χ4n) is 4.70. The number of carbonyl (C=O) groups excluding carboxylic acids is 1. The first-order valence-corrected chi connectivity index (χ1v) is 13.3. The first-order chi connectivity index (χ1) is 16.9. The number of hydrogen-bond donors (Lipinski definition) is 1. The minimum absolute atomic E-state index is 0.0836. The molecular formula is C29H36N2O3S. The zero-order chi connectivity index (χ0) is 24.8. The van der Waals surface area contributed by atoms with Crippen LogP contribution in [0.25, 0.3) is 0 Å². The van der Waals surface area contributed by atoms with Crippen LogP contribution in [0, 0.1) is 6.92 Å². The van der Waals surface area contributed by atoms with E-state index >= 15 is 0 Å². The second-order valence-corrected chi connectivity index (χ2v) is 10.6. The van der Waals surface area contributed by atoms with Crippen molar-refractivity contribution in [3.05, 3.63) is 87.6 Å². The molecule has 4 rings (SSSR count). The highest BCUT2D eigenvalue weighted by atomic mass is 32.1. The second kappa shape index (κ2) is 11.8. The number of fused-ring (bicyclic) bond motifs is 1. The Balaban J connectivity index is 1.44. The molecule has 186 valence electrons. The van der Waals surface area contributed by atoms with Crippen LogP contribution in [0.5, 0.6) is 5.75 Å². The molecule has 1 aliphatic heterocycles. The van der Waals surface area contributed by atoms with Crippen molar-refractivity contribution in [3.8, 4) is 5.75 Å². The summed E-state index contributed by atoms with van der Waals surface area (Å²) < 4.78 is 6.17. The van der Waals surface area contributed by atoms with Crippen LogP contribution < -0.4 is 4.74 Å². The number of aryl methyl sites for hydroxylation is 1. The minimum Gasteiger partial charge on any atom is -0.491 e. The van der Waals surface area contributed by atoms with Gasteiger partial charge in [-0.1, -0.05) is 42.5 Å². The minimum atomic E-state index is -0.530. The topological polar surface area (TPSA) is 53.0 Å². The van der Waals surface area contributed by atoms with Gasteiger partial charge in [-0.25, -0.2) is 0 Å². The summed E-state index contributed by atoms with van der Waals surface area (Å²) >= 11 is 1.76. The Kier molecular flexibility index (Phi) is 8.60. The Labute approximate surface area is 213 Å². The number of hydrogen-bond acceptors (Lipinski definition) is 5. The van der Waals surface area contributed by atoms with Gasteiger partial charge < -0.3 is 14.7 Å². The number of aliphatic hydroxyl groups excluding tert-OH is 1. The smallest absolute Gasteiger partial charge is 0.237 e. The Morgan fingerprint density at radius 3 is 2.71 bits per heavy atom.